The first-order chi connectivity index (χ1) is 15.9. The second kappa shape index (κ2) is 18.7. The maximum absolute atomic E-state index is 12.1. The van der Waals surface area contributed by atoms with E-state index in [0.717, 1.165) is 11.5 Å². The summed E-state index contributed by atoms with van der Waals surface area (Å²) in [5.41, 5.74) is 4.85. The Morgan fingerprint density at radius 1 is 1.12 bits per heavy atom. The fourth-order valence-corrected chi connectivity index (χ4v) is 6.03. The highest BCUT2D eigenvalue weighted by Crippen LogP contribution is 2.42. The Hall–Kier alpha value is -0.550. The topological polar surface area (TPSA) is 137 Å². The maximum atomic E-state index is 12.1. The minimum Gasteiger partial charge on any atom is -0.394 e. The number of unbranched alkanes of at least 4 members (excludes halogenated alkanes) is 7. The van der Waals surface area contributed by atoms with Crippen molar-refractivity contribution in [2.75, 3.05) is 36.8 Å². The first kappa shape index (κ1) is 30.5. The molecule has 1 rings (SSSR count). The molecule has 1 unspecified atom stereocenters. The van der Waals surface area contributed by atoms with Crippen molar-refractivity contribution in [3.8, 4) is 0 Å². The van der Waals surface area contributed by atoms with E-state index in [-0.39, 0.29) is 19.0 Å². The summed E-state index contributed by atoms with van der Waals surface area (Å²) in [5, 5.41) is 9.44. The number of nitrogens with two attached hydrogens (primary N) is 1. The number of aliphatic hydroxyl groups excluding tert-OH is 1. The summed E-state index contributed by atoms with van der Waals surface area (Å²) in [6.07, 6.45) is 11.2. The molecule has 0 saturated carbocycles. The van der Waals surface area contributed by atoms with Gasteiger partial charge < -0.3 is 25.0 Å². The number of aliphatic hydroxyl groups is 1. The number of aromatic nitrogens is 2. The Balaban J connectivity index is 2.07. The Morgan fingerprint density at radius 2 is 1.76 bits per heavy atom. The van der Waals surface area contributed by atoms with Crippen LogP contribution in [0.2, 0.25) is 0 Å². The fourth-order valence-electron chi connectivity index (χ4n) is 2.94. The van der Waals surface area contributed by atoms with Gasteiger partial charge in [-0.2, -0.15) is 4.98 Å². The van der Waals surface area contributed by atoms with Gasteiger partial charge in [0, 0.05) is 17.7 Å². The van der Waals surface area contributed by atoms with Gasteiger partial charge >= 0.3 is 13.3 Å². The zero-order valence-corrected chi connectivity index (χ0v) is 22.1. The van der Waals surface area contributed by atoms with Gasteiger partial charge in [0.2, 0.25) is 0 Å². The van der Waals surface area contributed by atoms with Crippen LogP contribution >= 0.6 is 29.2 Å². The van der Waals surface area contributed by atoms with Gasteiger partial charge in [-0.25, -0.2) is 4.79 Å². The van der Waals surface area contributed by atoms with Crippen molar-refractivity contribution in [3.63, 3.8) is 0 Å². The molecule has 0 aliphatic heterocycles. The number of nitrogens with zero attached hydrogens (tertiary/aromatic N) is 2. The summed E-state index contributed by atoms with van der Waals surface area (Å²) in [5.74, 6) is 2.06. The predicted molar refractivity (Wildman–Crippen MR) is 138 cm³/mol. The van der Waals surface area contributed by atoms with Crippen LogP contribution in [0, 0.1) is 0 Å². The molecule has 0 amide bonds. The number of hydrogen-bond donors (Lipinski definition) is 3. The van der Waals surface area contributed by atoms with Gasteiger partial charge in [-0.15, -0.1) is 0 Å². The smallest absolute Gasteiger partial charge is 0.353 e. The first-order valence-corrected chi connectivity index (χ1v) is 15.9. The number of anilines is 1. The molecule has 33 heavy (non-hydrogen) atoms. The second-order valence-electron chi connectivity index (χ2n) is 7.83. The molecule has 4 N–H and O–H groups in total. The molecule has 0 aliphatic rings. The summed E-state index contributed by atoms with van der Waals surface area (Å²) >= 11 is 0. The van der Waals surface area contributed by atoms with Crippen molar-refractivity contribution in [1.29, 1.82) is 0 Å². The third-order valence-electron chi connectivity index (χ3n) is 4.80. The van der Waals surface area contributed by atoms with Crippen LogP contribution in [-0.2, 0) is 20.4 Å². The van der Waals surface area contributed by atoms with Gasteiger partial charge in [0.1, 0.15) is 12.2 Å². The molecule has 0 spiro atoms. The van der Waals surface area contributed by atoms with Crippen LogP contribution < -0.4 is 11.4 Å². The highest BCUT2D eigenvalue weighted by atomic mass is 33.1. The van der Waals surface area contributed by atoms with Gasteiger partial charge in [-0.05, 0) is 18.9 Å². The van der Waals surface area contributed by atoms with Gasteiger partial charge in [-0.3, -0.25) is 9.13 Å². The monoisotopic (exact) mass is 525 g/mol. The van der Waals surface area contributed by atoms with E-state index in [4.69, 9.17) is 15.0 Å². The average molecular weight is 526 g/mol. The van der Waals surface area contributed by atoms with Crippen molar-refractivity contribution in [1.82, 2.24) is 9.55 Å². The molecule has 192 valence electrons. The minimum absolute atomic E-state index is 0.0185. The van der Waals surface area contributed by atoms with E-state index in [1.54, 1.807) is 10.8 Å². The van der Waals surface area contributed by atoms with Crippen molar-refractivity contribution in [3.05, 3.63) is 22.7 Å². The zero-order valence-electron chi connectivity index (χ0n) is 19.6. The summed E-state index contributed by atoms with van der Waals surface area (Å²) in [7, 11) is -0.343. The Morgan fingerprint density at radius 3 is 2.39 bits per heavy atom. The van der Waals surface area contributed by atoms with E-state index >= 15 is 0 Å². The second-order valence-corrected chi connectivity index (χ2v) is 12.3. The number of hydrogen-bond acceptors (Lipinski definition) is 9. The van der Waals surface area contributed by atoms with Gasteiger partial charge in [0.25, 0.3) is 0 Å². The summed E-state index contributed by atoms with van der Waals surface area (Å²) < 4.78 is 23.7. The third-order valence-corrected chi connectivity index (χ3v) is 8.44. The summed E-state index contributed by atoms with van der Waals surface area (Å²) in [4.78, 5) is 25.3. The van der Waals surface area contributed by atoms with E-state index in [9.17, 15) is 19.4 Å². The molecular weight excluding hydrogens is 485 g/mol. The fraction of sp³-hybridized carbons (Fsp3) is 0.810. The van der Waals surface area contributed by atoms with Crippen LogP contribution in [0.1, 0.15) is 64.7 Å². The third kappa shape index (κ3) is 15.9. The summed E-state index contributed by atoms with van der Waals surface area (Å²) in [6.45, 7) is 1.95. The number of ether oxygens (including phenoxy) is 1. The maximum Gasteiger partial charge on any atom is 0.353 e. The molecule has 1 aromatic heterocycles. The van der Waals surface area contributed by atoms with Crippen molar-refractivity contribution in [2.45, 2.75) is 77.4 Å². The Labute approximate surface area is 205 Å². The lowest BCUT2D eigenvalue weighted by Crippen LogP contribution is -2.32. The highest BCUT2D eigenvalue weighted by molar-refractivity contribution is 8.76. The predicted octanol–water partition coefficient (Wildman–Crippen LogP) is 4.27. The molecule has 2 atom stereocenters. The van der Waals surface area contributed by atoms with E-state index in [0.29, 0.717) is 6.42 Å². The quantitative estimate of drug-likeness (QED) is 0.121. The number of nitrogen functional groups attached to an aromatic ring is 1. The van der Waals surface area contributed by atoms with E-state index < -0.39 is 32.3 Å². The van der Waals surface area contributed by atoms with Crippen LogP contribution in [0.3, 0.4) is 0 Å². The van der Waals surface area contributed by atoms with Gasteiger partial charge in [0.15, 0.2) is 0 Å². The molecule has 1 aromatic rings. The average Bonchev–Trinajstić information content (AvgIpc) is 2.78. The molecule has 12 heteroatoms. The first-order valence-electron chi connectivity index (χ1n) is 11.6. The molecule has 0 fully saturated rings. The number of rotatable bonds is 21. The van der Waals surface area contributed by atoms with Crippen molar-refractivity contribution < 1.29 is 23.8 Å². The van der Waals surface area contributed by atoms with Gasteiger partial charge in [-0.1, -0.05) is 73.5 Å². The van der Waals surface area contributed by atoms with Crippen molar-refractivity contribution >= 4 is 35.0 Å². The van der Waals surface area contributed by atoms with E-state index in [1.165, 1.54) is 68.2 Å². The van der Waals surface area contributed by atoms with Crippen LogP contribution in [0.5, 0.6) is 0 Å². The van der Waals surface area contributed by atoms with Gasteiger partial charge in [0.05, 0.1) is 25.9 Å². The SMILES string of the molecule is CCCCCCCCCCSSCCCOP(=O)(O)CO[C@H](CO)Cn1ccc(N)nc1=O. The molecule has 0 saturated heterocycles. The zero-order chi connectivity index (χ0) is 24.4. The standard InChI is InChI=1S/C21H40N3O6PS2/c1-2-3-4-5-6-7-8-9-14-32-33-15-10-13-30-31(27,28)18-29-19(17-25)16-24-12-11-20(22)23-21(24)26/h11-12,19,25H,2-10,13-18H2,1H3,(H,27,28)(H2,22,23,26)/t19-/m0/s1. The van der Waals surface area contributed by atoms with Crippen LogP contribution in [0.4, 0.5) is 5.82 Å². The van der Waals surface area contributed by atoms with Crippen molar-refractivity contribution in [2.24, 2.45) is 0 Å². The molecule has 9 nitrogen and oxygen atoms in total. The Kier molecular flexibility index (Phi) is 17.3. The van der Waals surface area contributed by atoms with Crippen LogP contribution in [0.15, 0.2) is 17.1 Å². The van der Waals surface area contributed by atoms with Crippen LogP contribution in [0.25, 0.3) is 0 Å². The Bertz CT molecular complexity index is 740. The van der Waals surface area contributed by atoms with Crippen LogP contribution in [-0.4, -0.2) is 56.7 Å². The molecule has 1 heterocycles. The molecule has 0 aromatic carbocycles. The molecule has 0 radical (unpaired) electrons. The molecular formula is C21H40N3O6PS2. The lowest BCUT2D eigenvalue weighted by Gasteiger charge is -2.19. The highest BCUT2D eigenvalue weighted by Gasteiger charge is 2.22. The lowest BCUT2D eigenvalue weighted by atomic mass is 10.1. The largest absolute Gasteiger partial charge is 0.394 e. The van der Waals surface area contributed by atoms with E-state index in [2.05, 4.69) is 11.9 Å². The molecule has 0 aliphatic carbocycles. The summed E-state index contributed by atoms with van der Waals surface area (Å²) in [6, 6.07) is 1.45. The van der Waals surface area contributed by atoms with E-state index in [1.807, 2.05) is 10.8 Å². The minimum atomic E-state index is -3.94. The molecule has 0 bridgehead atoms. The normalized spacial score (nSPS) is 14.3. The lowest BCUT2D eigenvalue weighted by molar-refractivity contribution is 0.0168.